The van der Waals surface area contributed by atoms with Crippen LogP contribution in [0.15, 0.2) is 24.3 Å². The van der Waals surface area contributed by atoms with E-state index in [9.17, 15) is 9.59 Å². The van der Waals surface area contributed by atoms with Gasteiger partial charge >= 0.3 is 0 Å². The Morgan fingerprint density at radius 3 is 2.70 bits per heavy atom. The second-order valence-electron chi connectivity index (χ2n) is 7.25. The normalized spacial score (nSPS) is 16.3. The highest BCUT2D eigenvalue weighted by atomic mass is 16.2. The molecule has 6 nitrogen and oxygen atoms in total. The van der Waals surface area contributed by atoms with Crippen molar-refractivity contribution in [2.75, 3.05) is 45.8 Å². The van der Waals surface area contributed by atoms with Crippen LogP contribution in [0.4, 0.5) is 0 Å². The summed E-state index contributed by atoms with van der Waals surface area (Å²) in [5.41, 5.74) is 1.80. The van der Waals surface area contributed by atoms with Crippen LogP contribution in [0.1, 0.15) is 36.2 Å². The van der Waals surface area contributed by atoms with Gasteiger partial charge in [-0.25, -0.2) is 0 Å². The summed E-state index contributed by atoms with van der Waals surface area (Å²) in [6.45, 7) is 10.00. The number of rotatable bonds is 6. The molecule has 0 aliphatic carbocycles. The number of hydrogen-bond acceptors (Lipinski definition) is 4. The second-order valence-corrected chi connectivity index (χ2v) is 7.25. The first-order valence-electron chi connectivity index (χ1n) is 9.70. The Morgan fingerprint density at radius 2 is 2.04 bits per heavy atom. The molecule has 1 aromatic carbocycles. The number of carbonyl (C=O) groups excluding carboxylic acids is 2. The minimum Gasteiger partial charge on any atom is -0.341 e. The predicted octanol–water partition coefficient (Wildman–Crippen LogP) is 2.15. The number of carbonyl (C=O) groups is 2. The number of nitrogens with zero attached hydrogens (tertiary/aromatic N) is 4. The van der Waals surface area contributed by atoms with E-state index >= 15 is 0 Å². The number of hydrogen-bond donors (Lipinski definition) is 0. The zero-order valence-electron chi connectivity index (χ0n) is 16.6. The van der Waals surface area contributed by atoms with Crippen LogP contribution in [-0.2, 0) is 4.79 Å². The standard InChI is InChI=1S/C21H30N4O2/c1-4-24(15-18(3)14-22)20(26)16-23-9-6-10-25(12-11-23)21(27)19-8-5-7-17(2)13-19/h5,7-8,13,18H,4,6,9-12,15-16H2,1-3H3. The lowest BCUT2D eigenvalue weighted by Gasteiger charge is -2.26. The van der Waals surface area contributed by atoms with E-state index in [0.717, 1.165) is 24.1 Å². The van der Waals surface area contributed by atoms with Gasteiger partial charge in [-0.05, 0) is 39.3 Å². The third kappa shape index (κ3) is 6.07. The predicted molar refractivity (Wildman–Crippen MR) is 105 cm³/mol. The molecule has 0 bridgehead atoms. The third-order valence-corrected chi connectivity index (χ3v) is 4.95. The summed E-state index contributed by atoms with van der Waals surface area (Å²) < 4.78 is 0. The van der Waals surface area contributed by atoms with Gasteiger partial charge in [0.25, 0.3) is 5.91 Å². The lowest BCUT2D eigenvalue weighted by atomic mass is 10.1. The molecule has 1 aromatic rings. The van der Waals surface area contributed by atoms with Crippen molar-refractivity contribution < 1.29 is 9.59 Å². The Balaban J connectivity index is 1.91. The molecule has 0 saturated carbocycles. The molecule has 0 N–H and O–H groups in total. The molecule has 0 spiro atoms. The van der Waals surface area contributed by atoms with Gasteiger partial charge < -0.3 is 9.80 Å². The highest BCUT2D eigenvalue weighted by molar-refractivity contribution is 5.94. The van der Waals surface area contributed by atoms with E-state index in [-0.39, 0.29) is 17.7 Å². The number of aryl methyl sites for hydroxylation is 1. The fourth-order valence-electron chi connectivity index (χ4n) is 3.36. The smallest absolute Gasteiger partial charge is 0.253 e. The zero-order valence-corrected chi connectivity index (χ0v) is 16.6. The number of likely N-dealkylation sites (N-methyl/N-ethyl adjacent to an activating group) is 1. The van der Waals surface area contributed by atoms with E-state index in [0.29, 0.717) is 39.3 Å². The summed E-state index contributed by atoms with van der Waals surface area (Å²) in [4.78, 5) is 31.1. The Labute approximate surface area is 162 Å². The second kappa shape index (κ2) is 10.1. The molecule has 2 amide bonds. The molecule has 0 aromatic heterocycles. The molecule has 27 heavy (non-hydrogen) atoms. The Bertz CT molecular complexity index is 698. The lowest BCUT2D eigenvalue weighted by molar-refractivity contribution is -0.132. The summed E-state index contributed by atoms with van der Waals surface area (Å²) in [5, 5.41) is 8.98. The highest BCUT2D eigenvalue weighted by Gasteiger charge is 2.23. The van der Waals surface area contributed by atoms with Crippen LogP contribution < -0.4 is 0 Å². The molecular weight excluding hydrogens is 340 g/mol. The Morgan fingerprint density at radius 1 is 1.26 bits per heavy atom. The van der Waals surface area contributed by atoms with Gasteiger partial charge in [0.1, 0.15) is 0 Å². The molecule has 1 unspecified atom stereocenters. The monoisotopic (exact) mass is 370 g/mol. The van der Waals surface area contributed by atoms with Gasteiger partial charge in [0.15, 0.2) is 0 Å². The first-order valence-corrected chi connectivity index (χ1v) is 9.70. The van der Waals surface area contributed by atoms with Crippen molar-refractivity contribution in [2.24, 2.45) is 5.92 Å². The molecule has 1 atom stereocenters. The van der Waals surface area contributed by atoms with Crippen molar-refractivity contribution in [1.29, 1.82) is 5.26 Å². The third-order valence-electron chi connectivity index (χ3n) is 4.95. The van der Waals surface area contributed by atoms with Crippen molar-refractivity contribution in [1.82, 2.24) is 14.7 Å². The maximum absolute atomic E-state index is 12.7. The fraction of sp³-hybridized carbons (Fsp3) is 0.571. The number of nitriles is 1. The zero-order chi connectivity index (χ0) is 19.8. The molecular formula is C21H30N4O2. The van der Waals surface area contributed by atoms with Crippen molar-refractivity contribution in [3.63, 3.8) is 0 Å². The van der Waals surface area contributed by atoms with E-state index in [1.165, 1.54) is 0 Å². The van der Waals surface area contributed by atoms with Crippen LogP contribution >= 0.6 is 0 Å². The fourth-order valence-corrected chi connectivity index (χ4v) is 3.36. The number of benzene rings is 1. The average Bonchev–Trinajstić information content (AvgIpc) is 2.90. The van der Waals surface area contributed by atoms with Gasteiger partial charge in [-0.1, -0.05) is 17.7 Å². The maximum Gasteiger partial charge on any atom is 0.253 e. The van der Waals surface area contributed by atoms with E-state index in [1.807, 2.05) is 49.9 Å². The maximum atomic E-state index is 12.7. The quantitative estimate of drug-likeness (QED) is 0.769. The summed E-state index contributed by atoms with van der Waals surface area (Å²) in [5.74, 6) is -0.0524. The highest BCUT2D eigenvalue weighted by Crippen LogP contribution is 2.11. The van der Waals surface area contributed by atoms with Gasteiger partial charge in [-0.3, -0.25) is 14.5 Å². The van der Waals surface area contributed by atoms with Crippen LogP contribution in [0.5, 0.6) is 0 Å². The first kappa shape index (κ1) is 20.9. The van der Waals surface area contributed by atoms with Crippen molar-refractivity contribution in [3.8, 4) is 6.07 Å². The molecule has 1 aliphatic heterocycles. The number of amides is 2. The minimum atomic E-state index is -0.166. The summed E-state index contributed by atoms with van der Waals surface area (Å²) in [6, 6.07) is 9.86. The van der Waals surface area contributed by atoms with Gasteiger partial charge in [-0.2, -0.15) is 5.26 Å². The molecule has 2 rings (SSSR count). The Kier molecular flexibility index (Phi) is 7.81. The van der Waals surface area contributed by atoms with Crippen LogP contribution in [0.25, 0.3) is 0 Å². The van der Waals surface area contributed by atoms with Gasteiger partial charge in [0.2, 0.25) is 5.91 Å². The molecule has 1 heterocycles. The van der Waals surface area contributed by atoms with E-state index in [1.54, 1.807) is 4.90 Å². The van der Waals surface area contributed by atoms with Gasteiger partial charge in [0, 0.05) is 44.8 Å². The van der Waals surface area contributed by atoms with Crippen LogP contribution in [0.2, 0.25) is 0 Å². The van der Waals surface area contributed by atoms with E-state index in [2.05, 4.69) is 11.0 Å². The molecule has 6 heteroatoms. The van der Waals surface area contributed by atoms with Crippen LogP contribution in [0, 0.1) is 24.2 Å². The van der Waals surface area contributed by atoms with Crippen molar-refractivity contribution >= 4 is 11.8 Å². The van der Waals surface area contributed by atoms with Gasteiger partial charge in [0.05, 0.1) is 18.5 Å². The summed E-state index contributed by atoms with van der Waals surface area (Å²) in [7, 11) is 0. The van der Waals surface area contributed by atoms with Gasteiger partial charge in [-0.15, -0.1) is 0 Å². The summed E-state index contributed by atoms with van der Waals surface area (Å²) in [6.07, 6.45) is 0.853. The van der Waals surface area contributed by atoms with E-state index in [4.69, 9.17) is 5.26 Å². The molecule has 0 radical (unpaired) electrons. The van der Waals surface area contributed by atoms with E-state index < -0.39 is 0 Å². The topological polar surface area (TPSA) is 67.7 Å². The molecule has 1 fully saturated rings. The molecule has 146 valence electrons. The Hall–Kier alpha value is -2.39. The SMILES string of the molecule is CCN(CC(C)C#N)C(=O)CN1CCCN(C(=O)c2cccc(C)c2)CC1. The lowest BCUT2D eigenvalue weighted by Crippen LogP contribution is -2.43. The molecule has 1 aliphatic rings. The van der Waals surface area contributed by atoms with Crippen LogP contribution in [0.3, 0.4) is 0 Å². The average molecular weight is 370 g/mol. The largest absolute Gasteiger partial charge is 0.341 e. The molecule has 1 saturated heterocycles. The van der Waals surface area contributed by atoms with Crippen LogP contribution in [-0.4, -0.2) is 72.3 Å². The van der Waals surface area contributed by atoms with Crippen molar-refractivity contribution in [2.45, 2.75) is 27.2 Å². The minimum absolute atomic E-state index is 0.0538. The van der Waals surface area contributed by atoms with Crippen molar-refractivity contribution in [3.05, 3.63) is 35.4 Å². The first-order chi connectivity index (χ1) is 12.9. The summed E-state index contributed by atoms with van der Waals surface area (Å²) >= 11 is 0.